The first kappa shape index (κ1) is 25.3. The topological polar surface area (TPSA) is 81.7 Å². The summed E-state index contributed by atoms with van der Waals surface area (Å²) < 4.78 is 6.55. The van der Waals surface area contributed by atoms with Gasteiger partial charge in [-0.2, -0.15) is 10.5 Å². The summed E-state index contributed by atoms with van der Waals surface area (Å²) in [5.74, 6) is 1.48. The van der Waals surface area contributed by atoms with E-state index in [2.05, 4.69) is 12.1 Å². The Morgan fingerprint density at radius 2 is 1.07 bits per heavy atom. The molecule has 0 saturated heterocycles. The second-order valence-electron chi connectivity index (χ2n) is 4.72. The molecule has 2 rings (SSSR count). The molecule has 2 aliphatic rings. The minimum absolute atomic E-state index is 0.495. The number of nitrogens with zero attached hydrogens (tertiary/aromatic N) is 2. The fourth-order valence-electron chi connectivity index (χ4n) is 1.69. The van der Waals surface area contributed by atoms with Crippen molar-refractivity contribution in [3.8, 4) is 12.1 Å². The monoisotopic (exact) mass is 534 g/mol. The van der Waals surface area contributed by atoms with Crippen LogP contribution in [0.3, 0.4) is 0 Å². The van der Waals surface area contributed by atoms with E-state index in [1.807, 2.05) is 0 Å². The molecule has 0 radical (unpaired) electrons. The van der Waals surface area contributed by atoms with E-state index in [9.17, 15) is 9.59 Å². The average Bonchev–Trinajstić information content (AvgIpc) is 3.27. The van der Waals surface area contributed by atoms with Crippen molar-refractivity contribution in [1.29, 1.82) is 10.5 Å². The van der Waals surface area contributed by atoms with Crippen molar-refractivity contribution in [2.45, 2.75) is 12.8 Å². The van der Waals surface area contributed by atoms with Crippen molar-refractivity contribution in [3.63, 3.8) is 0 Å². The van der Waals surface area contributed by atoms with Gasteiger partial charge in [0.25, 0.3) is 0 Å². The molecule has 0 aliphatic carbocycles. The molecule has 0 aromatic carbocycles. The van der Waals surface area contributed by atoms with Crippen LogP contribution in [0.4, 0.5) is 0 Å². The maximum atomic E-state index is 10.8. The van der Waals surface area contributed by atoms with E-state index in [1.165, 1.54) is 0 Å². The van der Waals surface area contributed by atoms with E-state index < -0.39 is 0 Å². The van der Waals surface area contributed by atoms with Crippen LogP contribution in [-0.4, -0.2) is 29.2 Å². The summed E-state index contributed by atoms with van der Waals surface area (Å²) in [6.07, 6.45) is 5.75. The fraction of sp³-hybridized carbons (Fsp3) is 0.294. The van der Waals surface area contributed by atoms with Gasteiger partial charge in [0.15, 0.2) is 0 Å². The number of thioether (sulfide) groups is 8. The molecule has 12 heteroatoms. The van der Waals surface area contributed by atoms with Crippen LogP contribution in [0.15, 0.2) is 37.6 Å². The van der Waals surface area contributed by atoms with Gasteiger partial charge < -0.3 is 0 Å². The Morgan fingerprint density at radius 3 is 1.41 bits per heavy atom. The van der Waals surface area contributed by atoms with Crippen LogP contribution in [0.2, 0.25) is 0 Å². The van der Waals surface area contributed by atoms with E-state index in [4.69, 9.17) is 10.5 Å². The average molecular weight is 535 g/mol. The van der Waals surface area contributed by atoms with Crippen molar-refractivity contribution in [2.75, 3.05) is 16.6 Å². The van der Waals surface area contributed by atoms with Gasteiger partial charge in [-0.05, 0) is 12.2 Å². The van der Waals surface area contributed by atoms with Gasteiger partial charge in [-0.1, -0.05) is 47.0 Å². The first-order valence-corrected chi connectivity index (χ1v) is 15.2. The number of hydrogen-bond acceptors (Lipinski definition) is 12. The lowest BCUT2D eigenvalue weighted by molar-refractivity contribution is -0.104. The lowest BCUT2D eigenvalue weighted by atomic mass is 10.6. The molecule has 0 aromatic rings. The standard InChI is InChI=1S/C17H14N2O2S8/c18-5-1-9-22-14-16(28-12(26-14)3-7-20)24-11-25-17-15(23-10-2-6-19)27-13(29-17)4-8-21/h3-4,7-8H,1-2,9-11H2/b12-3-,13-4+. The van der Waals surface area contributed by atoms with Gasteiger partial charge in [0.2, 0.25) is 0 Å². The molecule has 0 unspecified atom stereocenters. The lowest BCUT2D eigenvalue weighted by Gasteiger charge is -2.06. The Hall–Kier alpha value is 0.0800. The van der Waals surface area contributed by atoms with Crippen LogP contribution >= 0.6 is 94.1 Å². The predicted octanol–water partition coefficient (Wildman–Crippen LogP) is 7.00. The van der Waals surface area contributed by atoms with Crippen molar-refractivity contribution in [3.05, 3.63) is 37.6 Å². The van der Waals surface area contributed by atoms with E-state index in [0.29, 0.717) is 12.8 Å². The summed E-state index contributed by atoms with van der Waals surface area (Å²) in [6.45, 7) is 0. The second kappa shape index (κ2) is 15.0. The van der Waals surface area contributed by atoms with Gasteiger partial charge in [0.05, 0.1) is 37.6 Å². The summed E-state index contributed by atoms with van der Waals surface area (Å²) in [5.41, 5.74) is 0. The Balaban J connectivity index is 1.98. The summed E-state index contributed by atoms with van der Waals surface area (Å²) in [4.78, 5) is 21.6. The minimum atomic E-state index is 0.495. The van der Waals surface area contributed by atoms with Gasteiger partial charge >= 0.3 is 0 Å². The van der Waals surface area contributed by atoms with Gasteiger partial charge in [-0.25, -0.2) is 0 Å². The highest BCUT2D eigenvalue weighted by molar-refractivity contribution is 8.44. The Bertz CT molecular complexity index is 767. The molecule has 0 saturated carbocycles. The molecule has 0 aromatic heterocycles. The number of carbonyl (C=O) groups excluding carboxylic acids is 2. The van der Waals surface area contributed by atoms with Crippen molar-refractivity contribution in [2.24, 2.45) is 0 Å². The van der Waals surface area contributed by atoms with Crippen LogP contribution < -0.4 is 0 Å². The van der Waals surface area contributed by atoms with Crippen LogP contribution in [0.1, 0.15) is 12.8 Å². The lowest BCUT2D eigenvalue weighted by Crippen LogP contribution is -1.79. The molecular formula is C17H14N2O2S8. The smallest absolute Gasteiger partial charge is 0.144 e. The zero-order chi connectivity index (χ0) is 20.9. The number of rotatable bonds is 12. The first-order chi connectivity index (χ1) is 14.2. The molecule has 0 atom stereocenters. The molecular weight excluding hydrogens is 521 g/mol. The number of hydrogen-bond donors (Lipinski definition) is 0. The molecule has 0 N–H and O–H groups in total. The van der Waals surface area contributed by atoms with E-state index in [-0.39, 0.29) is 0 Å². The zero-order valence-corrected chi connectivity index (χ0v) is 21.4. The number of aldehydes is 2. The van der Waals surface area contributed by atoms with E-state index in [0.717, 1.165) is 54.6 Å². The molecule has 29 heavy (non-hydrogen) atoms. The second-order valence-corrected chi connectivity index (χ2v) is 15.0. The quantitative estimate of drug-likeness (QED) is 0.112. The van der Waals surface area contributed by atoms with Crippen LogP contribution in [0, 0.1) is 22.7 Å². The highest BCUT2D eigenvalue weighted by Crippen LogP contribution is 2.60. The Labute approximate surface area is 204 Å². The predicted molar refractivity (Wildman–Crippen MR) is 138 cm³/mol. The zero-order valence-electron chi connectivity index (χ0n) is 14.8. The Kier molecular flexibility index (Phi) is 13.1. The van der Waals surface area contributed by atoms with Crippen LogP contribution in [0.5, 0.6) is 0 Å². The molecule has 0 amide bonds. The fourth-order valence-corrected chi connectivity index (χ4v) is 13.3. The number of carbonyl (C=O) groups is 2. The summed E-state index contributed by atoms with van der Waals surface area (Å²) in [6, 6.07) is 4.32. The third kappa shape index (κ3) is 8.99. The van der Waals surface area contributed by atoms with E-state index >= 15 is 0 Å². The van der Waals surface area contributed by atoms with Crippen molar-refractivity contribution < 1.29 is 9.59 Å². The molecule has 0 bridgehead atoms. The molecule has 152 valence electrons. The highest BCUT2D eigenvalue weighted by Gasteiger charge is 2.24. The van der Waals surface area contributed by atoms with E-state index in [1.54, 1.807) is 106 Å². The molecule has 0 fully saturated rings. The van der Waals surface area contributed by atoms with Crippen LogP contribution in [0.25, 0.3) is 0 Å². The van der Waals surface area contributed by atoms with Crippen molar-refractivity contribution >= 4 is 107 Å². The number of allylic oxidation sites excluding steroid dienone is 2. The molecule has 0 spiro atoms. The maximum Gasteiger partial charge on any atom is 0.144 e. The van der Waals surface area contributed by atoms with Gasteiger partial charge in [0.1, 0.15) is 12.6 Å². The minimum Gasteiger partial charge on any atom is -0.298 e. The third-order valence-corrected chi connectivity index (χ3v) is 13.8. The summed E-state index contributed by atoms with van der Waals surface area (Å²) >= 11 is 13.2. The maximum absolute atomic E-state index is 10.8. The molecule has 4 nitrogen and oxygen atoms in total. The normalized spacial score (nSPS) is 19.1. The largest absolute Gasteiger partial charge is 0.298 e. The number of nitriles is 2. The first-order valence-electron chi connectivity index (χ1n) is 7.97. The SMILES string of the molecule is N#CCCSC1=C(SCSC2=C(SCCC#N)S/C(=C\C=O)S2)S/C(=C\C=O)S1. The summed E-state index contributed by atoms with van der Waals surface area (Å²) in [5, 5.41) is 18.3. The Morgan fingerprint density at radius 1 is 0.690 bits per heavy atom. The molecule has 2 heterocycles. The highest BCUT2D eigenvalue weighted by atomic mass is 32.3. The molecule has 2 aliphatic heterocycles. The van der Waals surface area contributed by atoms with Gasteiger partial charge in [-0.15, -0.1) is 47.0 Å². The van der Waals surface area contributed by atoms with Gasteiger partial charge in [0, 0.05) is 29.4 Å². The van der Waals surface area contributed by atoms with Crippen LogP contribution in [-0.2, 0) is 9.59 Å². The van der Waals surface area contributed by atoms with Gasteiger partial charge in [-0.3, -0.25) is 9.59 Å². The third-order valence-electron chi connectivity index (χ3n) is 2.79. The summed E-state index contributed by atoms with van der Waals surface area (Å²) in [7, 11) is 0. The van der Waals surface area contributed by atoms with Crippen molar-refractivity contribution in [1.82, 2.24) is 0 Å².